The topological polar surface area (TPSA) is 29.5 Å². The number of halogens is 1. The Morgan fingerprint density at radius 3 is 2.84 bits per heavy atom. The maximum atomic E-state index is 13.5. The Kier molecular flexibility index (Phi) is 4.66. The summed E-state index contributed by atoms with van der Waals surface area (Å²) in [6.45, 7) is 3.18. The van der Waals surface area contributed by atoms with E-state index in [2.05, 4.69) is 11.8 Å². The Hall–Kier alpha value is -1.26. The van der Waals surface area contributed by atoms with Crippen LogP contribution in [-0.4, -0.2) is 43.0 Å². The van der Waals surface area contributed by atoms with Gasteiger partial charge < -0.3 is 4.74 Å². The Morgan fingerprint density at radius 2 is 2.21 bits per heavy atom. The summed E-state index contributed by atoms with van der Waals surface area (Å²) in [7, 11) is 1.72. The second-order valence-corrected chi connectivity index (χ2v) is 5.10. The van der Waals surface area contributed by atoms with Gasteiger partial charge in [0.2, 0.25) is 0 Å². The summed E-state index contributed by atoms with van der Waals surface area (Å²) in [5.74, 6) is -0.590. The van der Waals surface area contributed by atoms with Crippen molar-refractivity contribution in [1.82, 2.24) is 4.90 Å². The van der Waals surface area contributed by atoms with Gasteiger partial charge in [0.25, 0.3) is 0 Å². The van der Waals surface area contributed by atoms with Crippen LogP contribution in [-0.2, 0) is 4.74 Å². The minimum Gasteiger partial charge on any atom is -0.381 e. The average Bonchev–Trinajstić information content (AvgIpc) is 2.41. The highest BCUT2D eigenvalue weighted by molar-refractivity contribution is 5.97. The molecule has 0 bridgehead atoms. The van der Waals surface area contributed by atoms with Crippen LogP contribution in [0.1, 0.15) is 30.1 Å². The van der Waals surface area contributed by atoms with Gasteiger partial charge in [-0.1, -0.05) is 12.1 Å². The van der Waals surface area contributed by atoms with Gasteiger partial charge in [-0.3, -0.25) is 9.69 Å². The number of carbonyl (C=O) groups excluding carboxylic acids is 1. The normalized spacial score (nSPS) is 24.4. The molecule has 2 unspecified atom stereocenters. The standard InChI is InChI=1S/C15H20FNO2/c1-11-9-12(19-2)7-8-17(11)10-15(18)13-5-3-4-6-14(13)16/h3-6,11-12H,7-10H2,1-2H3. The van der Waals surface area contributed by atoms with Gasteiger partial charge in [-0.25, -0.2) is 4.39 Å². The summed E-state index contributed by atoms with van der Waals surface area (Å²) in [4.78, 5) is 14.2. The van der Waals surface area contributed by atoms with Crippen molar-refractivity contribution in [3.8, 4) is 0 Å². The predicted molar refractivity (Wildman–Crippen MR) is 71.8 cm³/mol. The summed E-state index contributed by atoms with van der Waals surface area (Å²) >= 11 is 0. The summed E-state index contributed by atoms with van der Waals surface area (Å²) < 4.78 is 18.9. The summed E-state index contributed by atoms with van der Waals surface area (Å²) in [6.07, 6.45) is 2.11. The lowest BCUT2D eigenvalue weighted by atomic mass is 9.99. The van der Waals surface area contributed by atoms with Crippen molar-refractivity contribution in [3.63, 3.8) is 0 Å². The third kappa shape index (κ3) is 3.39. The summed E-state index contributed by atoms with van der Waals surface area (Å²) in [5.41, 5.74) is 0.184. The maximum absolute atomic E-state index is 13.5. The van der Waals surface area contributed by atoms with Crippen LogP contribution in [0, 0.1) is 5.82 Å². The van der Waals surface area contributed by atoms with Crippen LogP contribution in [0.4, 0.5) is 4.39 Å². The molecule has 0 amide bonds. The molecule has 0 aromatic heterocycles. The molecule has 2 rings (SSSR count). The van der Waals surface area contributed by atoms with Crippen LogP contribution in [0.2, 0.25) is 0 Å². The number of ketones is 1. The smallest absolute Gasteiger partial charge is 0.179 e. The quantitative estimate of drug-likeness (QED) is 0.783. The Bertz CT molecular complexity index is 450. The van der Waals surface area contributed by atoms with E-state index in [0.29, 0.717) is 0 Å². The molecule has 1 aromatic carbocycles. The van der Waals surface area contributed by atoms with E-state index in [9.17, 15) is 9.18 Å². The van der Waals surface area contributed by atoms with Gasteiger partial charge in [-0.2, -0.15) is 0 Å². The van der Waals surface area contributed by atoms with E-state index in [4.69, 9.17) is 4.74 Å². The third-order valence-corrected chi connectivity index (χ3v) is 3.82. The van der Waals surface area contributed by atoms with Crippen molar-refractivity contribution in [3.05, 3.63) is 35.6 Å². The molecule has 1 aliphatic heterocycles. The van der Waals surface area contributed by atoms with Crippen LogP contribution < -0.4 is 0 Å². The van der Waals surface area contributed by atoms with Gasteiger partial charge in [-0.05, 0) is 31.9 Å². The van der Waals surface area contributed by atoms with Crippen LogP contribution >= 0.6 is 0 Å². The van der Waals surface area contributed by atoms with Crippen LogP contribution in [0.5, 0.6) is 0 Å². The van der Waals surface area contributed by atoms with Crippen molar-refractivity contribution in [2.24, 2.45) is 0 Å². The van der Waals surface area contributed by atoms with Crippen LogP contribution in [0.3, 0.4) is 0 Å². The first kappa shape index (κ1) is 14.2. The molecule has 104 valence electrons. The molecule has 1 heterocycles. The highest BCUT2D eigenvalue weighted by Gasteiger charge is 2.27. The zero-order valence-electron chi connectivity index (χ0n) is 11.4. The molecule has 0 aliphatic carbocycles. The molecule has 0 radical (unpaired) electrons. The molecule has 1 aliphatic rings. The molecule has 19 heavy (non-hydrogen) atoms. The summed E-state index contributed by atoms with van der Waals surface area (Å²) in [6, 6.07) is 6.45. The number of hydrogen-bond acceptors (Lipinski definition) is 3. The minimum atomic E-state index is -0.438. The zero-order chi connectivity index (χ0) is 13.8. The number of ether oxygens (including phenoxy) is 1. The minimum absolute atomic E-state index is 0.152. The van der Waals surface area contributed by atoms with Crippen LogP contribution in [0.25, 0.3) is 0 Å². The Labute approximate surface area is 113 Å². The van der Waals surface area contributed by atoms with Crippen molar-refractivity contribution in [2.45, 2.75) is 31.9 Å². The first-order valence-electron chi connectivity index (χ1n) is 6.66. The lowest BCUT2D eigenvalue weighted by Crippen LogP contribution is -2.45. The SMILES string of the molecule is COC1CCN(CC(=O)c2ccccc2F)C(C)C1. The van der Waals surface area contributed by atoms with Gasteiger partial charge >= 0.3 is 0 Å². The highest BCUT2D eigenvalue weighted by Crippen LogP contribution is 2.20. The van der Waals surface area contributed by atoms with Gasteiger partial charge in [0.15, 0.2) is 5.78 Å². The highest BCUT2D eigenvalue weighted by atomic mass is 19.1. The molecular weight excluding hydrogens is 245 g/mol. The fourth-order valence-electron chi connectivity index (χ4n) is 2.58. The van der Waals surface area contributed by atoms with Gasteiger partial charge in [0, 0.05) is 19.7 Å². The van der Waals surface area contributed by atoms with E-state index < -0.39 is 5.82 Å². The van der Waals surface area contributed by atoms with E-state index in [-0.39, 0.29) is 30.0 Å². The van der Waals surface area contributed by atoms with Crippen molar-refractivity contribution < 1.29 is 13.9 Å². The Balaban J connectivity index is 1.98. The summed E-state index contributed by atoms with van der Waals surface area (Å²) in [5, 5.41) is 0. The van der Waals surface area contributed by atoms with Crippen LogP contribution in [0.15, 0.2) is 24.3 Å². The number of methoxy groups -OCH3 is 1. The number of rotatable bonds is 4. The van der Waals surface area contributed by atoms with Crippen molar-refractivity contribution in [2.75, 3.05) is 20.2 Å². The molecule has 0 N–H and O–H groups in total. The molecule has 1 fully saturated rings. The van der Waals surface area contributed by atoms with Gasteiger partial charge in [0.05, 0.1) is 18.2 Å². The fourth-order valence-corrected chi connectivity index (χ4v) is 2.58. The number of piperidine rings is 1. The number of nitrogens with zero attached hydrogens (tertiary/aromatic N) is 1. The number of hydrogen-bond donors (Lipinski definition) is 0. The molecular formula is C15H20FNO2. The van der Waals surface area contributed by atoms with Crippen molar-refractivity contribution >= 4 is 5.78 Å². The first-order chi connectivity index (χ1) is 9.11. The number of carbonyl (C=O) groups is 1. The monoisotopic (exact) mass is 265 g/mol. The predicted octanol–water partition coefficient (Wildman–Crippen LogP) is 2.51. The molecule has 2 atom stereocenters. The fraction of sp³-hybridized carbons (Fsp3) is 0.533. The molecule has 0 spiro atoms. The van der Waals surface area contributed by atoms with E-state index in [0.717, 1.165) is 19.4 Å². The number of likely N-dealkylation sites (tertiary alicyclic amines) is 1. The number of benzene rings is 1. The molecule has 1 aromatic rings. The van der Waals surface area contributed by atoms with Gasteiger partial charge in [0.1, 0.15) is 5.82 Å². The molecule has 3 nitrogen and oxygen atoms in total. The molecule has 4 heteroatoms. The molecule has 0 saturated carbocycles. The van der Waals surface area contributed by atoms with E-state index in [1.807, 2.05) is 0 Å². The van der Waals surface area contributed by atoms with Gasteiger partial charge in [-0.15, -0.1) is 0 Å². The van der Waals surface area contributed by atoms with Crippen molar-refractivity contribution in [1.29, 1.82) is 0 Å². The second-order valence-electron chi connectivity index (χ2n) is 5.10. The number of Topliss-reactive ketones (excluding diaryl/α,β-unsaturated/α-hetero) is 1. The first-order valence-corrected chi connectivity index (χ1v) is 6.66. The largest absolute Gasteiger partial charge is 0.381 e. The average molecular weight is 265 g/mol. The lowest BCUT2D eigenvalue weighted by Gasteiger charge is -2.36. The molecule has 1 saturated heterocycles. The van der Waals surface area contributed by atoms with E-state index in [1.54, 1.807) is 25.3 Å². The second kappa shape index (κ2) is 6.26. The zero-order valence-corrected chi connectivity index (χ0v) is 11.4. The lowest BCUT2D eigenvalue weighted by molar-refractivity contribution is 0.0167. The van der Waals surface area contributed by atoms with E-state index in [1.165, 1.54) is 6.07 Å². The van der Waals surface area contributed by atoms with E-state index >= 15 is 0 Å². The third-order valence-electron chi connectivity index (χ3n) is 3.82. The maximum Gasteiger partial charge on any atom is 0.179 e. The Morgan fingerprint density at radius 1 is 1.47 bits per heavy atom.